The zero-order chi connectivity index (χ0) is 19.2. The fraction of sp³-hybridized carbons (Fsp3) is 0.810. The number of piperidine rings is 3. The van der Waals surface area contributed by atoms with Crippen LogP contribution in [0.4, 0.5) is 0 Å². The molecule has 4 nitrogen and oxygen atoms in total. The Bertz CT molecular complexity index is 438. The molecule has 0 bridgehead atoms. The number of hydrogen-bond acceptors (Lipinski definition) is 4. The molecule has 0 aliphatic carbocycles. The van der Waals surface area contributed by atoms with Gasteiger partial charge in [0.1, 0.15) is 0 Å². The van der Waals surface area contributed by atoms with Gasteiger partial charge in [-0.05, 0) is 0 Å². The molecule has 0 aromatic rings. The van der Waals surface area contributed by atoms with E-state index in [0.717, 1.165) is 13.1 Å². The number of halogens is 1. The summed E-state index contributed by atoms with van der Waals surface area (Å²) in [7, 11) is 0. The average molecular weight is 459 g/mol. The van der Waals surface area contributed by atoms with Crippen LogP contribution in [-0.4, -0.2) is 71.0 Å². The van der Waals surface area contributed by atoms with Crippen LogP contribution in [0.2, 0.25) is 0 Å². The maximum atomic E-state index is 4.69. The van der Waals surface area contributed by atoms with Crippen LogP contribution in [0, 0.1) is 0 Å². The summed E-state index contributed by atoms with van der Waals surface area (Å²) in [5, 5.41) is 0. The maximum absolute atomic E-state index is 4.69. The Balaban J connectivity index is 2.14. The number of nitrogens with zero attached hydrogens (tertiary/aromatic N) is 4. The molecule has 27 heavy (non-hydrogen) atoms. The fourth-order valence-corrected chi connectivity index (χ4v) is 14.9. The molecule has 3 rings (SSSR count). The third-order valence-corrected chi connectivity index (χ3v) is 17.4. The van der Waals surface area contributed by atoms with Crippen molar-refractivity contribution in [3.8, 4) is 0 Å². The van der Waals surface area contributed by atoms with Gasteiger partial charge in [0.2, 0.25) is 0 Å². The van der Waals surface area contributed by atoms with Gasteiger partial charge >= 0.3 is 176 Å². The van der Waals surface area contributed by atoms with Crippen molar-refractivity contribution in [1.29, 1.82) is 0 Å². The van der Waals surface area contributed by atoms with E-state index in [1.807, 2.05) is 0 Å². The van der Waals surface area contributed by atoms with Gasteiger partial charge in [0.05, 0.1) is 0 Å². The molecule has 0 spiro atoms. The van der Waals surface area contributed by atoms with Gasteiger partial charge in [-0.15, -0.1) is 0 Å². The van der Waals surface area contributed by atoms with E-state index >= 15 is 0 Å². The molecule has 0 N–H and O–H groups in total. The van der Waals surface area contributed by atoms with Crippen LogP contribution < -0.4 is 0 Å². The third-order valence-electron chi connectivity index (χ3n) is 6.62. The van der Waals surface area contributed by atoms with E-state index in [1.54, 1.807) is 0 Å². The molecule has 3 aliphatic rings. The van der Waals surface area contributed by atoms with Gasteiger partial charge in [-0.1, -0.05) is 0 Å². The SMILES string of the molecule is C=CCN(CC=C)P(Br)(N1CCCCC1)(N1CCCCC1)N1CCCCC1. The van der Waals surface area contributed by atoms with Crippen LogP contribution in [0.15, 0.2) is 25.3 Å². The molecule has 3 fully saturated rings. The summed E-state index contributed by atoms with van der Waals surface area (Å²) in [5.41, 5.74) is 0. The van der Waals surface area contributed by atoms with E-state index in [9.17, 15) is 0 Å². The zero-order valence-electron chi connectivity index (χ0n) is 17.2. The standard InChI is InChI=1S/C21H40BrN4P/c1-3-14-23(15-4-2)27(22,24-16-8-5-9-17-24,25-18-10-6-11-19-25)26-20-12-7-13-21-26/h3-4H,1-2,5-21H2. The fourth-order valence-electron chi connectivity index (χ4n) is 5.39. The van der Waals surface area contributed by atoms with Crippen molar-refractivity contribution >= 4 is 21.4 Å². The predicted molar refractivity (Wildman–Crippen MR) is 124 cm³/mol. The van der Waals surface area contributed by atoms with Crippen molar-refractivity contribution in [2.45, 2.75) is 57.8 Å². The minimum atomic E-state index is -2.78. The van der Waals surface area contributed by atoms with Crippen LogP contribution in [0.3, 0.4) is 0 Å². The van der Waals surface area contributed by atoms with E-state index < -0.39 is 5.91 Å². The predicted octanol–water partition coefficient (Wildman–Crippen LogP) is 5.64. The second kappa shape index (κ2) is 9.82. The summed E-state index contributed by atoms with van der Waals surface area (Å²) in [4.78, 5) is 0. The second-order valence-electron chi connectivity index (χ2n) is 8.33. The van der Waals surface area contributed by atoms with Crippen molar-refractivity contribution in [2.24, 2.45) is 0 Å². The van der Waals surface area contributed by atoms with Gasteiger partial charge in [0.15, 0.2) is 0 Å². The monoisotopic (exact) mass is 458 g/mol. The molecule has 0 amide bonds. The summed E-state index contributed by atoms with van der Waals surface area (Å²) in [5.74, 6) is -2.78. The number of hydrogen-bond donors (Lipinski definition) is 0. The van der Waals surface area contributed by atoms with Gasteiger partial charge in [-0.2, -0.15) is 0 Å². The second-order valence-corrected chi connectivity index (χ2v) is 16.1. The third kappa shape index (κ3) is 3.98. The van der Waals surface area contributed by atoms with Crippen LogP contribution in [-0.2, 0) is 0 Å². The molecule has 3 heterocycles. The quantitative estimate of drug-likeness (QED) is 0.344. The molecular formula is C21H40BrN4P. The first-order chi connectivity index (χ1) is 13.2. The summed E-state index contributed by atoms with van der Waals surface area (Å²) < 4.78 is 11.4. The topological polar surface area (TPSA) is 13.0 Å². The average Bonchev–Trinajstić information content (AvgIpc) is 2.75. The molecule has 0 radical (unpaired) electrons. The summed E-state index contributed by atoms with van der Waals surface area (Å²) in [6, 6.07) is 0. The Kier molecular flexibility index (Phi) is 7.98. The van der Waals surface area contributed by atoms with Crippen molar-refractivity contribution < 1.29 is 0 Å². The first-order valence-corrected chi connectivity index (χ1v) is 15.2. The van der Waals surface area contributed by atoms with E-state index in [0.29, 0.717) is 0 Å². The number of rotatable bonds is 8. The molecule has 3 saturated heterocycles. The van der Waals surface area contributed by atoms with Crippen LogP contribution >= 0.6 is 21.4 Å². The normalized spacial score (nSPS) is 25.8. The van der Waals surface area contributed by atoms with E-state index in [2.05, 4.69) is 59.5 Å². The van der Waals surface area contributed by atoms with Crippen LogP contribution in [0.1, 0.15) is 57.8 Å². The first-order valence-electron chi connectivity index (χ1n) is 11.1. The molecule has 0 saturated carbocycles. The van der Waals surface area contributed by atoms with Crippen molar-refractivity contribution in [2.75, 3.05) is 52.4 Å². The Hall–Kier alpha value is 0.230. The molecule has 0 atom stereocenters. The van der Waals surface area contributed by atoms with Crippen molar-refractivity contribution in [3.05, 3.63) is 25.3 Å². The van der Waals surface area contributed by atoms with Gasteiger partial charge in [-0.25, -0.2) is 0 Å². The van der Waals surface area contributed by atoms with E-state index in [-0.39, 0.29) is 0 Å². The van der Waals surface area contributed by atoms with E-state index in [4.69, 9.17) is 0 Å². The van der Waals surface area contributed by atoms with Crippen LogP contribution in [0.25, 0.3) is 0 Å². The van der Waals surface area contributed by atoms with Crippen molar-refractivity contribution in [1.82, 2.24) is 18.7 Å². The summed E-state index contributed by atoms with van der Waals surface area (Å²) in [6.07, 6.45) is 16.2. The van der Waals surface area contributed by atoms with Crippen LogP contribution in [0.5, 0.6) is 0 Å². The molecule has 0 aromatic carbocycles. The molecule has 6 heteroatoms. The molecule has 0 aromatic heterocycles. The Morgan fingerprint density at radius 2 is 0.926 bits per heavy atom. The first kappa shape index (κ1) is 21.9. The molecule has 0 unspecified atom stereocenters. The van der Waals surface area contributed by atoms with Gasteiger partial charge in [0.25, 0.3) is 0 Å². The molecular weight excluding hydrogens is 419 g/mol. The summed E-state index contributed by atoms with van der Waals surface area (Å²) >= 11 is 4.69. The molecule has 3 aliphatic heterocycles. The Morgan fingerprint density at radius 1 is 0.630 bits per heavy atom. The Morgan fingerprint density at radius 3 is 1.19 bits per heavy atom. The van der Waals surface area contributed by atoms with Gasteiger partial charge in [-0.3, -0.25) is 0 Å². The Labute approximate surface area is 175 Å². The van der Waals surface area contributed by atoms with Crippen molar-refractivity contribution in [3.63, 3.8) is 0 Å². The summed E-state index contributed by atoms with van der Waals surface area (Å²) in [6.45, 7) is 17.3. The van der Waals surface area contributed by atoms with Gasteiger partial charge < -0.3 is 0 Å². The minimum absolute atomic E-state index is 0.915. The van der Waals surface area contributed by atoms with Gasteiger partial charge in [0, 0.05) is 0 Å². The zero-order valence-corrected chi connectivity index (χ0v) is 19.7. The van der Waals surface area contributed by atoms with E-state index in [1.165, 1.54) is 97.1 Å². The molecule has 156 valence electrons.